The summed E-state index contributed by atoms with van der Waals surface area (Å²) in [6.07, 6.45) is 1.37. The van der Waals surface area contributed by atoms with Crippen LogP contribution in [0.2, 0.25) is 0 Å². The predicted molar refractivity (Wildman–Crippen MR) is 118 cm³/mol. The molecule has 0 unspecified atom stereocenters. The first-order valence-electron chi connectivity index (χ1n) is 9.76. The Balaban J connectivity index is 1.93. The summed E-state index contributed by atoms with van der Waals surface area (Å²) in [6.45, 7) is 5.46. The second kappa shape index (κ2) is 9.57. The number of phenols is 1. The van der Waals surface area contributed by atoms with E-state index in [0.29, 0.717) is 23.6 Å². The first kappa shape index (κ1) is 22.2. The minimum Gasteiger partial charge on any atom is -0.504 e. The smallest absolute Gasteiger partial charge is 0.292 e. The molecule has 2 aromatic carbocycles. The molecule has 0 saturated heterocycles. The van der Waals surface area contributed by atoms with E-state index >= 15 is 0 Å². The zero-order valence-corrected chi connectivity index (χ0v) is 17.8. The Hall–Kier alpha value is -4.45. The lowest BCUT2D eigenvalue weighted by atomic mass is 10.1. The van der Waals surface area contributed by atoms with Gasteiger partial charge in [0, 0.05) is 5.56 Å². The van der Waals surface area contributed by atoms with Crippen molar-refractivity contribution in [3.63, 3.8) is 0 Å². The number of ether oxygens (including phenoxy) is 1. The quantitative estimate of drug-likeness (QED) is 0.456. The van der Waals surface area contributed by atoms with Crippen LogP contribution in [-0.4, -0.2) is 33.6 Å². The molecule has 32 heavy (non-hydrogen) atoms. The molecule has 162 valence electrons. The van der Waals surface area contributed by atoms with Crippen LogP contribution in [0.3, 0.4) is 0 Å². The molecule has 3 aromatic rings. The average molecular weight is 431 g/mol. The van der Waals surface area contributed by atoms with E-state index in [1.54, 1.807) is 44.2 Å². The van der Waals surface area contributed by atoms with E-state index in [1.165, 1.54) is 19.2 Å². The molecule has 0 atom stereocenters. The van der Waals surface area contributed by atoms with Gasteiger partial charge in [-0.25, -0.2) is 5.43 Å². The van der Waals surface area contributed by atoms with Gasteiger partial charge >= 0.3 is 0 Å². The van der Waals surface area contributed by atoms with Crippen LogP contribution in [0, 0.1) is 25.2 Å². The van der Waals surface area contributed by atoms with Crippen molar-refractivity contribution >= 4 is 12.1 Å². The molecule has 0 aliphatic heterocycles. The average Bonchev–Trinajstić information content (AvgIpc) is 2.77. The van der Waals surface area contributed by atoms with Gasteiger partial charge in [0.25, 0.3) is 11.5 Å². The summed E-state index contributed by atoms with van der Waals surface area (Å²) in [7, 11) is 0. The number of aromatic hydroxyl groups is 1. The van der Waals surface area contributed by atoms with Gasteiger partial charge in [-0.2, -0.15) is 20.1 Å². The Morgan fingerprint density at radius 1 is 1.31 bits per heavy atom. The number of carbonyl (C=O) groups excluding carboxylic acids is 1. The lowest BCUT2D eigenvalue weighted by Crippen LogP contribution is -2.31. The molecule has 9 nitrogen and oxygen atoms in total. The number of para-hydroxylation sites is 1. The molecule has 2 N–H and O–H groups in total. The third-order valence-corrected chi connectivity index (χ3v) is 4.67. The molecule has 3 rings (SSSR count). The molecule has 0 aliphatic rings. The third-order valence-electron chi connectivity index (χ3n) is 4.67. The SMILES string of the molecule is CCOc1cc(/C=N/NC(=O)c2nn(-c3ccccc3C)c(=O)c(C#N)c2C)ccc1O. The van der Waals surface area contributed by atoms with E-state index in [1.807, 2.05) is 12.1 Å². The number of aryl methyl sites for hydroxylation is 1. The van der Waals surface area contributed by atoms with E-state index in [0.717, 1.165) is 10.2 Å². The van der Waals surface area contributed by atoms with Crippen molar-refractivity contribution in [1.29, 1.82) is 5.26 Å². The Bertz CT molecular complexity index is 1300. The number of aromatic nitrogens is 2. The van der Waals surface area contributed by atoms with Crippen molar-refractivity contribution in [2.24, 2.45) is 5.10 Å². The molecule has 1 heterocycles. The van der Waals surface area contributed by atoms with Crippen molar-refractivity contribution < 1.29 is 14.6 Å². The number of hydrogen-bond donors (Lipinski definition) is 2. The van der Waals surface area contributed by atoms with E-state index in [-0.39, 0.29) is 22.6 Å². The van der Waals surface area contributed by atoms with Gasteiger partial charge in [-0.3, -0.25) is 9.59 Å². The summed E-state index contributed by atoms with van der Waals surface area (Å²) < 4.78 is 6.37. The van der Waals surface area contributed by atoms with E-state index in [9.17, 15) is 20.0 Å². The van der Waals surface area contributed by atoms with E-state index in [4.69, 9.17) is 4.74 Å². The fourth-order valence-electron chi connectivity index (χ4n) is 3.02. The number of benzene rings is 2. The zero-order chi connectivity index (χ0) is 23.3. The van der Waals surface area contributed by atoms with Crippen LogP contribution in [-0.2, 0) is 0 Å². The van der Waals surface area contributed by atoms with Crippen LogP contribution in [0.4, 0.5) is 0 Å². The maximum Gasteiger partial charge on any atom is 0.292 e. The third kappa shape index (κ3) is 4.49. The number of hydrazone groups is 1. The number of nitrogens with zero attached hydrogens (tertiary/aromatic N) is 4. The summed E-state index contributed by atoms with van der Waals surface area (Å²) in [6, 6.07) is 13.5. The lowest BCUT2D eigenvalue weighted by molar-refractivity contribution is 0.0947. The molecule has 0 saturated carbocycles. The van der Waals surface area contributed by atoms with Gasteiger partial charge in [0.05, 0.1) is 18.5 Å². The molecule has 9 heteroatoms. The van der Waals surface area contributed by atoms with Crippen molar-refractivity contribution in [2.45, 2.75) is 20.8 Å². The second-order valence-corrected chi connectivity index (χ2v) is 6.82. The van der Waals surface area contributed by atoms with E-state index in [2.05, 4.69) is 15.6 Å². The minimum atomic E-state index is -0.679. The molecule has 0 radical (unpaired) electrons. The van der Waals surface area contributed by atoms with Crippen LogP contribution < -0.4 is 15.7 Å². The number of amides is 1. The highest BCUT2D eigenvalue weighted by molar-refractivity contribution is 5.94. The summed E-state index contributed by atoms with van der Waals surface area (Å²) in [5, 5.41) is 27.4. The monoisotopic (exact) mass is 431 g/mol. The number of nitriles is 1. The van der Waals surface area contributed by atoms with Crippen molar-refractivity contribution in [2.75, 3.05) is 6.61 Å². The highest BCUT2D eigenvalue weighted by atomic mass is 16.5. The predicted octanol–water partition coefficient (Wildman–Crippen LogP) is 2.59. The van der Waals surface area contributed by atoms with Crippen LogP contribution in [0.5, 0.6) is 11.5 Å². The van der Waals surface area contributed by atoms with Crippen molar-refractivity contribution in [1.82, 2.24) is 15.2 Å². The summed E-state index contributed by atoms with van der Waals surface area (Å²) in [5.41, 5.74) is 3.47. The normalized spacial score (nSPS) is 10.7. The first-order valence-corrected chi connectivity index (χ1v) is 9.76. The van der Waals surface area contributed by atoms with Gasteiger partial charge in [-0.15, -0.1) is 0 Å². The molecule has 0 aliphatic carbocycles. The molecule has 0 fully saturated rings. The van der Waals surface area contributed by atoms with Gasteiger partial charge < -0.3 is 9.84 Å². The molecule has 0 spiro atoms. The number of carbonyl (C=O) groups is 1. The molecule has 1 aromatic heterocycles. The lowest BCUT2D eigenvalue weighted by Gasteiger charge is -2.12. The minimum absolute atomic E-state index is 0.00430. The molecule has 1 amide bonds. The van der Waals surface area contributed by atoms with Crippen LogP contribution >= 0.6 is 0 Å². The zero-order valence-electron chi connectivity index (χ0n) is 17.8. The van der Waals surface area contributed by atoms with Crippen molar-refractivity contribution in [3.8, 4) is 23.3 Å². The van der Waals surface area contributed by atoms with Gasteiger partial charge in [0.2, 0.25) is 0 Å². The highest BCUT2D eigenvalue weighted by Gasteiger charge is 2.20. The second-order valence-electron chi connectivity index (χ2n) is 6.82. The van der Waals surface area contributed by atoms with E-state index < -0.39 is 11.5 Å². The fourth-order valence-corrected chi connectivity index (χ4v) is 3.02. The fraction of sp³-hybridized carbons (Fsp3) is 0.174. The van der Waals surface area contributed by atoms with Gasteiger partial charge in [-0.05, 0) is 56.2 Å². The maximum absolute atomic E-state index is 12.8. The number of phenolic OH excluding ortho intramolecular Hbond substituents is 1. The maximum atomic E-state index is 12.8. The number of nitrogens with one attached hydrogen (secondary N) is 1. The summed E-state index contributed by atoms with van der Waals surface area (Å²) in [5.74, 6) is -0.388. The first-order chi connectivity index (χ1) is 15.4. The molecular weight excluding hydrogens is 410 g/mol. The summed E-state index contributed by atoms with van der Waals surface area (Å²) in [4.78, 5) is 25.5. The highest BCUT2D eigenvalue weighted by Crippen LogP contribution is 2.26. The Morgan fingerprint density at radius 3 is 2.75 bits per heavy atom. The van der Waals surface area contributed by atoms with Crippen LogP contribution in [0.15, 0.2) is 52.4 Å². The molecular formula is C23H21N5O4. The van der Waals surface area contributed by atoms with Crippen molar-refractivity contribution in [3.05, 3.63) is 80.8 Å². The number of hydrogen-bond acceptors (Lipinski definition) is 7. The standard InChI is InChI=1S/C23H21N5O4/c1-4-32-20-11-16(9-10-19(20)29)13-25-26-22(30)21-15(3)17(12-24)23(31)28(27-21)18-8-6-5-7-14(18)2/h5-11,13,29H,4H2,1-3H3,(H,26,30)/b25-13+. The Labute approximate surface area is 184 Å². The van der Waals surface area contributed by atoms with Gasteiger partial charge in [-0.1, -0.05) is 18.2 Å². The van der Waals surface area contributed by atoms with Crippen LogP contribution in [0.1, 0.15) is 39.7 Å². The van der Waals surface area contributed by atoms with Gasteiger partial charge in [0.15, 0.2) is 17.2 Å². The molecule has 0 bridgehead atoms. The Morgan fingerprint density at radius 2 is 2.06 bits per heavy atom. The van der Waals surface area contributed by atoms with Gasteiger partial charge in [0.1, 0.15) is 11.6 Å². The largest absolute Gasteiger partial charge is 0.504 e. The summed E-state index contributed by atoms with van der Waals surface area (Å²) >= 11 is 0. The Kier molecular flexibility index (Phi) is 6.65. The van der Waals surface area contributed by atoms with Crippen LogP contribution in [0.25, 0.3) is 5.69 Å². The topological polar surface area (TPSA) is 130 Å². The number of rotatable bonds is 6.